The van der Waals surface area contributed by atoms with Crippen molar-refractivity contribution in [1.82, 2.24) is 5.32 Å². The van der Waals surface area contributed by atoms with Crippen molar-refractivity contribution in [3.63, 3.8) is 0 Å². The van der Waals surface area contributed by atoms with Gasteiger partial charge in [-0.15, -0.1) is 11.3 Å². The Hall–Kier alpha value is -0.340. The van der Waals surface area contributed by atoms with E-state index in [0.29, 0.717) is 5.54 Å². The summed E-state index contributed by atoms with van der Waals surface area (Å²) >= 11 is 1.88. The molecule has 0 spiro atoms. The SMILES string of the molecule is CCC1(Cc2cccs2)CCCN1. The van der Waals surface area contributed by atoms with Crippen LogP contribution in [-0.2, 0) is 6.42 Å². The number of hydrogen-bond acceptors (Lipinski definition) is 2. The van der Waals surface area contributed by atoms with E-state index in [1.807, 2.05) is 11.3 Å². The Bertz CT molecular complexity index is 247. The number of rotatable bonds is 3. The first kappa shape index (κ1) is 9.22. The van der Waals surface area contributed by atoms with Crippen LogP contribution in [0.25, 0.3) is 0 Å². The monoisotopic (exact) mass is 195 g/mol. The van der Waals surface area contributed by atoms with Gasteiger partial charge in [0.15, 0.2) is 0 Å². The van der Waals surface area contributed by atoms with Crippen molar-refractivity contribution in [2.45, 2.75) is 38.1 Å². The number of hydrogen-bond donors (Lipinski definition) is 1. The summed E-state index contributed by atoms with van der Waals surface area (Å²) in [6, 6.07) is 4.40. The molecule has 1 aliphatic heterocycles. The molecule has 1 unspecified atom stereocenters. The quantitative estimate of drug-likeness (QED) is 0.782. The van der Waals surface area contributed by atoms with Crippen LogP contribution in [-0.4, -0.2) is 12.1 Å². The first-order valence-corrected chi connectivity index (χ1v) is 6.00. The Labute approximate surface area is 84.2 Å². The molecule has 1 N–H and O–H groups in total. The maximum Gasteiger partial charge on any atom is 0.0227 e. The summed E-state index contributed by atoms with van der Waals surface area (Å²) in [5, 5.41) is 5.84. The van der Waals surface area contributed by atoms with Gasteiger partial charge in [-0.1, -0.05) is 13.0 Å². The Kier molecular flexibility index (Phi) is 2.70. The van der Waals surface area contributed by atoms with Crippen LogP contribution in [0.4, 0.5) is 0 Å². The first-order valence-electron chi connectivity index (χ1n) is 5.12. The van der Waals surface area contributed by atoms with E-state index >= 15 is 0 Å². The van der Waals surface area contributed by atoms with Crippen LogP contribution in [0.1, 0.15) is 31.1 Å². The molecule has 0 amide bonds. The van der Waals surface area contributed by atoms with Gasteiger partial charge in [-0.25, -0.2) is 0 Å². The van der Waals surface area contributed by atoms with Crippen LogP contribution < -0.4 is 5.32 Å². The zero-order chi connectivity index (χ0) is 9.15. The standard InChI is InChI=1S/C11H17NS/c1-2-11(6-4-7-12-11)9-10-5-3-8-13-10/h3,5,8,12H,2,4,6-7,9H2,1H3. The van der Waals surface area contributed by atoms with Gasteiger partial charge in [-0.2, -0.15) is 0 Å². The van der Waals surface area contributed by atoms with Crippen molar-refractivity contribution < 1.29 is 0 Å². The molecule has 13 heavy (non-hydrogen) atoms. The van der Waals surface area contributed by atoms with E-state index in [-0.39, 0.29) is 0 Å². The molecule has 2 rings (SSSR count). The van der Waals surface area contributed by atoms with Gasteiger partial charge in [0.2, 0.25) is 0 Å². The molecule has 0 aromatic carbocycles. The predicted molar refractivity (Wildman–Crippen MR) is 58.3 cm³/mol. The summed E-state index contributed by atoms with van der Waals surface area (Å²) in [6.45, 7) is 3.51. The summed E-state index contributed by atoms with van der Waals surface area (Å²) in [4.78, 5) is 1.52. The molecule has 0 bridgehead atoms. The van der Waals surface area contributed by atoms with E-state index in [1.54, 1.807) is 0 Å². The lowest BCUT2D eigenvalue weighted by atomic mass is 9.90. The summed E-state index contributed by atoms with van der Waals surface area (Å²) < 4.78 is 0. The maximum absolute atomic E-state index is 3.66. The Morgan fingerprint density at radius 3 is 3.08 bits per heavy atom. The highest BCUT2D eigenvalue weighted by Gasteiger charge is 2.31. The van der Waals surface area contributed by atoms with E-state index in [0.717, 1.165) is 0 Å². The molecular formula is C11H17NS. The van der Waals surface area contributed by atoms with Crippen molar-refractivity contribution in [3.05, 3.63) is 22.4 Å². The third kappa shape index (κ3) is 1.94. The zero-order valence-corrected chi connectivity index (χ0v) is 8.99. The highest BCUT2D eigenvalue weighted by molar-refractivity contribution is 7.09. The Morgan fingerprint density at radius 2 is 2.54 bits per heavy atom. The van der Waals surface area contributed by atoms with Gasteiger partial charge in [0.05, 0.1) is 0 Å². The van der Waals surface area contributed by atoms with Gasteiger partial charge >= 0.3 is 0 Å². The van der Waals surface area contributed by atoms with Crippen molar-refractivity contribution in [3.8, 4) is 0 Å². The lowest BCUT2D eigenvalue weighted by molar-refractivity contribution is 0.362. The van der Waals surface area contributed by atoms with Crippen LogP contribution in [0.15, 0.2) is 17.5 Å². The molecule has 2 heterocycles. The fraction of sp³-hybridized carbons (Fsp3) is 0.636. The fourth-order valence-electron chi connectivity index (χ4n) is 2.19. The average molecular weight is 195 g/mol. The summed E-state index contributed by atoms with van der Waals surface area (Å²) in [7, 11) is 0. The lowest BCUT2D eigenvalue weighted by Crippen LogP contribution is -2.40. The van der Waals surface area contributed by atoms with Crippen LogP contribution in [0, 0.1) is 0 Å². The summed E-state index contributed by atoms with van der Waals surface area (Å²) in [5.74, 6) is 0. The fourth-order valence-corrected chi connectivity index (χ4v) is 3.04. The van der Waals surface area contributed by atoms with Crippen molar-refractivity contribution in [2.24, 2.45) is 0 Å². The van der Waals surface area contributed by atoms with E-state index in [2.05, 4.69) is 29.8 Å². The van der Waals surface area contributed by atoms with Crippen molar-refractivity contribution in [1.29, 1.82) is 0 Å². The summed E-state index contributed by atoms with van der Waals surface area (Å²) in [6.07, 6.45) is 5.17. The highest BCUT2D eigenvalue weighted by Crippen LogP contribution is 2.28. The second-order valence-corrected chi connectivity index (χ2v) is 4.95. The van der Waals surface area contributed by atoms with Gasteiger partial charge in [0, 0.05) is 10.4 Å². The van der Waals surface area contributed by atoms with Gasteiger partial charge in [-0.3, -0.25) is 0 Å². The second-order valence-electron chi connectivity index (χ2n) is 3.92. The first-order chi connectivity index (χ1) is 6.35. The smallest absolute Gasteiger partial charge is 0.0227 e. The normalized spacial score (nSPS) is 28.1. The van der Waals surface area contributed by atoms with Gasteiger partial charge in [-0.05, 0) is 43.7 Å². The van der Waals surface area contributed by atoms with Crippen LogP contribution in [0.5, 0.6) is 0 Å². The molecule has 1 fully saturated rings. The molecule has 2 heteroatoms. The molecule has 0 aliphatic carbocycles. The molecule has 72 valence electrons. The molecule has 0 radical (unpaired) electrons. The molecule has 1 atom stereocenters. The lowest BCUT2D eigenvalue weighted by Gasteiger charge is -2.27. The third-order valence-electron chi connectivity index (χ3n) is 3.10. The van der Waals surface area contributed by atoms with Crippen LogP contribution in [0.2, 0.25) is 0 Å². The maximum atomic E-state index is 3.66. The Balaban J connectivity index is 2.06. The molecule has 1 aliphatic rings. The van der Waals surface area contributed by atoms with E-state index in [9.17, 15) is 0 Å². The topological polar surface area (TPSA) is 12.0 Å². The van der Waals surface area contributed by atoms with Gasteiger partial charge < -0.3 is 5.32 Å². The number of nitrogens with one attached hydrogen (secondary N) is 1. The van der Waals surface area contributed by atoms with Crippen molar-refractivity contribution in [2.75, 3.05) is 6.54 Å². The minimum Gasteiger partial charge on any atom is -0.311 e. The summed E-state index contributed by atoms with van der Waals surface area (Å²) in [5.41, 5.74) is 0.421. The van der Waals surface area contributed by atoms with E-state index in [1.165, 1.54) is 37.1 Å². The van der Waals surface area contributed by atoms with E-state index < -0.39 is 0 Å². The molecule has 1 aromatic heterocycles. The van der Waals surface area contributed by atoms with Gasteiger partial charge in [0.1, 0.15) is 0 Å². The predicted octanol–water partition coefficient (Wildman–Crippen LogP) is 2.82. The Morgan fingerprint density at radius 1 is 1.62 bits per heavy atom. The minimum absolute atomic E-state index is 0.421. The highest BCUT2D eigenvalue weighted by atomic mass is 32.1. The average Bonchev–Trinajstić information content (AvgIpc) is 2.77. The van der Waals surface area contributed by atoms with Crippen LogP contribution >= 0.6 is 11.3 Å². The zero-order valence-electron chi connectivity index (χ0n) is 8.18. The van der Waals surface area contributed by atoms with Crippen molar-refractivity contribution >= 4 is 11.3 Å². The molecular weight excluding hydrogens is 178 g/mol. The second kappa shape index (κ2) is 3.81. The largest absolute Gasteiger partial charge is 0.311 e. The molecule has 1 aromatic rings. The minimum atomic E-state index is 0.421. The molecule has 1 saturated heterocycles. The number of thiophene rings is 1. The molecule has 1 nitrogen and oxygen atoms in total. The molecule has 0 saturated carbocycles. The van der Waals surface area contributed by atoms with Gasteiger partial charge in [0.25, 0.3) is 0 Å². The van der Waals surface area contributed by atoms with Crippen LogP contribution in [0.3, 0.4) is 0 Å². The van der Waals surface area contributed by atoms with E-state index in [4.69, 9.17) is 0 Å². The third-order valence-corrected chi connectivity index (χ3v) is 3.98.